The van der Waals surface area contributed by atoms with Gasteiger partial charge in [-0.25, -0.2) is 0 Å². The number of nitrogens with zero attached hydrogens (tertiary/aromatic N) is 1. The fourth-order valence-electron chi connectivity index (χ4n) is 7.17. The van der Waals surface area contributed by atoms with Gasteiger partial charge in [0.05, 0.1) is 13.2 Å². The minimum atomic E-state index is 0.808. The molecule has 1 aromatic carbocycles. The molecule has 1 aliphatic rings. The van der Waals surface area contributed by atoms with Crippen LogP contribution in [0.5, 0.6) is 11.5 Å². The molecule has 1 aliphatic heterocycles. The number of likely N-dealkylation sites (tertiary alicyclic amines) is 1. The van der Waals surface area contributed by atoms with Crippen LogP contribution in [0.3, 0.4) is 0 Å². The van der Waals surface area contributed by atoms with Crippen LogP contribution in [0, 0.1) is 0 Å². The van der Waals surface area contributed by atoms with E-state index in [9.17, 15) is 0 Å². The lowest BCUT2D eigenvalue weighted by Crippen LogP contribution is -2.18. The molecule has 0 aromatic heterocycles. The summed E-state index contributed by atoms with van der Waals surface area (Å²) >= 11 is 0. The van der Waals surface area contributed by atoms with Crippen LogP contribution in [0.2, 0.25) is 0 Å². The molecule has 288 valence electrons. The summed E-state index contributed by atoms with van der Waals surface area (Å²) in [6.07, 6.45) is 49.7. The Morgan fingerprint density at radius 2 is 0.780 bits per heavy atom. The maximum absolute atomic E-state index is 6.30. The van der Waals surface area contributed by atoms with E-state index in [2.05, 4.69) is 61.3 Å². The summed E-state index contributed by atoms with van der Waals surface area (Å²) in [4.78, 5) is 2.57. The molecule has 1 aromatic rings. The molecule has 3 nitrogen and oxygen atoms in total. The summed E-state index contributed by atoms with van der Waals surface area (Å²) in [5.41, 5.74) is 1.33. The van der Waals surface area contributed by atoms with E-state index in [1.807, 2.05) is 0 Å². The van der Waals surface area contributed by atoms with Crippen molar-refractivity contribution in [3.63, 3.8) is 0 Å². The zero-order valence-electron chi connectivity index (χ0n) is 33.6. The average Bonchev–Trinajstić information content (AvgIpc) is 3.64. The summed E-state index contributed by atoms with van der Waals surface area (Å²) in [7, 11) is 0. The lowest BCUT2D eigenvalue weighted by molar-refractivity contribution is 0.286. The Balaban J connectivity index is 1.51. The molecule has 3 heteroatoms. The molecule has 0 saturated carbocycles. The van der Waals surface area contributed by atoms with E-state index in [0.717, 1.165) is 44.1 Å². The molecule has 0 aliphatic carbocycles. The normalized spacial score (nSPS) is 13.7. The van der Waals surface area contributed by atoms with Crippen LogP contribution in [0.15, 0.2) is 42.5 Å². The highest BCUT2D eigenvalue weighted by Crippen LogP contribution is 2.26. The Hall–Kier alpha value is -1.74. The van der Waals surface area contributed by atoms with Gasteiger partial charge < -0.3 is 9.47 Å². The average molecular weight is 694 g/mol. The van der Waals surface area contributed by atoms with Gasteiger partial charge in [-0.3, -0.25) is 4.90 Å². The first kappa shape index (κ1) is 44.4. The minimum absolute atomic E-state index is 0.808. The van der Waals surface area contributed by atoms with Crippen LogP contribution in [0.25, 0.3) is 0 Å². The van der Waals surface area contributed by atoms with Crippen LogP contribution in [-0.2, 0) is 6.54 Å². The Bertz CT molecular complexity index is 855. The predicted molar refractivity (Wildman–Crippen MR) is 221 cm³/mol. The number of unbranched alkanes of at least 4 members (excludes halogenated alkanes) is 24. The van der Waals surface area contributed by atoms with Gasteiger partial charge in [0.15, 0.2) is 0 Å². The summed E-state index contributed by atoms with van der Waals surface area (Å²) in [6, 6.07) is 6.65. The number of hydrogen-bond donors (Lipinski definition) is 0. The standard InChI is InChI=1S/C47H83NO2/c1-3-5-7-9-11-13-15-17-19-21-23-25-27-29-31-35-39-49-46-41-45(44-48-37-33-34-38-48)42-47(43-46)50-40-36-32-30-28-26-24-22-20-18-16-14-12-10-8-6-4-2/h17-20,41-43H,3-16,21-40,44H2,1-2H3/b19-17-,20-18-. The molecule has 1 heterocycles. The van der Waals surface area contributed by atoms with Gasteiger partial charge in [0.2, 0.25) is 0 Å². The molecule has 50 heavy (non-hydrogen) atoms. The third kappa shape index (κ3) is 27.0. The van der Waals surface area contributed by atoms with Crippen LogP contribution >= 0.6 is 0 Å². The molecular formula is C47H83NO2. The highest BCUT2D eigenvalue weighted by atomic mass is 16.5. The SMILES string of the molecule is CCCCCCCC/C=C\CCCCCCCCOc1cc(CN2CCCC2)cc(OCCCCCCCC/C=C\CCCCCCCC)c1. The van der Waals surface area contributed by atoms with Crippen molar-refractivity contribution < 1.29 is 9.47 Å². The molecule has 0 bridgehead atoms. The van der Waals surface area contributed by atoms with Crippen molar-refractivity contribution in [1.82, 2.24) is 4.90 Å². The van der Waals surface area contributed by atoms with Crippen molar-refractivity contribution in [2.24, 2.45) is 0 Å². The van der Waals surface area contributed by atoms with Crippen molar-refractivity contribution in [3.05, 3.63) is 48.1 Å². The first-order valence-corrected chi connectivity index (χ1v) is 22.2. The smallest absolute Gasteiger partial charge is 0.123 e. The van der Waals surface area contributed by atoms with Gasteiger partial charge in [-0.05, 0) is 108 Å². The van der Waals surface area contributed by atoms with Crippen molar-refractivity contribution >= 4 is 0 Å². The first-order chi connectivity index (χ1) is 24.8. The van der Waals surface area contributed by atoms with E-state index < -0.39 is 0 Å². The van der Waals surface area contributed by atoms with Gasteiger partial charge in [-0.2, -0.15) is 0 Å². The van der Waals surface area contributed by atoms with Gasteiger partial charge >= 0.3 is 0 Å². The quantitative estimate of drug-likeness (QED) is 0.0516. The van der Waals surface area contributed by atoms with E-state index in [-0.39, 0.29) is 0 Å². The second kappa shape index (κ2) is 34.4. The van der Waals surface area contributed by atoms with Crippen LogP contribution < -0.4 is 9.47 Å². The van der Waals surface area contributed by atoms with Crippen LogP contribution in [0.1, 0.15) is 212 Å². The zero-order valence-corrected chi connectivity index (χ0v) is 33.6. The molecule has 1 saturated heterocycles. The Kier molecular flexibility index (Phi) is 30.5. The van der Waals surface area contributed by atoms with Gasteiger partial charge in [-0.15, -0.1) is 0 Å². The Morgan fingerprint density at radius 1 is 0.440 bits per heavy atom. The Morgan fingerprint density at radius 3 is 1.16 bits per heavy atom. The molecule has 0 spiro atoms. The molecule has 0 radical (unpaired) electrons. The summed E-state index contributed by atoms with van der Waals surface area (Å²) < 4.78 is 12.6. The highest BCUT2D eigenvalue weighted by molar-refractivity contribution is 5.38. The monoisotopic (exact) mass is 694 g/mol. The molecule has 1 fully saturated rings. The highest BCUT2D eigenvalue weighted by Gasteiger charge is 2.13. The number of allylic oxidation sites excluding steroid dienone is 4. The molecule has 0 unspecified atom stereocenters. The lowest BCUT2D eigenvalue weighted by Gasteiger charge is -2.17. The minimum Gasteiger partial charge on any atom is -0.493 e. The van der Waals surface area contributed by atoms with Crippen LogP contribution in [0.4, 0.5) is 0 Å². The van der Waals surface area contributed by atoms with Crippen molar-refractivity contribution in [1.29, 1.82) is 0 Å². The van der Waals surface area contributed by atoms with Gasteiger partial charge in [-0.1, -0.05) is 154 Å². The van der Waals surface area contributed by atoms with E-state index in [1.165, 1.54) is 198 Å². The molecule has 0 amide bonds. The predicted octanol–water partition coefficient (Wildman–Crippen LogP) is 15.1. The van der Waals surface area contributed by atoms with Gasteiger partial charge in [0.25, 0.3) is 0 Å². The molecule has 2 rings (SSSR count). The topological polar surface area (TPSA) is 21.7 Å². The summed E-state index contributed by atoms with van der Waals surface area (Å²) in [5, 5.41) is 0. The van der Waals surface area contributed by atoms with Crippen molar-refractivity contribution in [2.75, 3.05) is 26.3 Å². The third-order valence-electron chi connectivity index (χ3n) is 10.4. The van der Waals surface area contributed by atoms with Crippen LogP contribution in [-0.4, -0.2) is 31.2 Å². The number of ether oxygens (including phenoxy) is 2. The summed E-state index contributed by atoms with van der Waals surface area (Å²) in [6.45, 7) is 9.64. The second-order valence-electron chi connectivity index (χ2n) is 15.4. The number of hydrogen-bond acceptors (Lipinski definition) is 3. The van der Waals surface area contributed by atoms with Gasteiger partial charge in [0.1, 0.15) is 11.5 Å². The number of benzene rings is 1. The summed E-state index contributed by atoms with van der Waals surface area (Å²) in [5.74, 6) is 1.98. The number of rotatable bonds is 36. The zero-order chi connectivity index (χ0) is 35.4. The van der Waals surface area contributed by atoms with E-state index >= 15 is 0 Å². The maximum atomic E-state index is 6.30. The van der Waals surface area contributed by atoms with Crippen molar-refractivity contribution in [3.8, 4) is 11.5 Å². The second-order valence-corrected chi connectivity index (χ2v) is 15.4. The fourth-order valence-corrected chi connectivity index (χ4v) is 7.17. The third-order valence-corrected chi connectivity index (χ3v) is 10.4. The van der Waals surface area contributed by atoms with E-state index in [4.69, 9.17) is 9.47 Å². The van der Waals surface area contributed by atoms with Crippen molar-refractivity contribution in [2.45, 2.75) is 213 Å². The van der Waals surface area contributed by atoms with E-state index in [1.54, 1.807) is 0 Å². The maximum Gasteiger partial charge on any atom is 0.123 e. The lowest BCUT2D eigenvalue weighted by atomic mass is 10.1. The molecule has 0 atom stereocenters. The van der Waals surface area contributed by atoms with Gasteiger partial charge in [0, 0.05) is 12.6 Å². The first-order valence-electron chi connectivity index (χ1n) is 22.2. The van der Waals surface area contributed by atoms with E-state index in [0.29, 0.717) is 0 Å². The largest absolute Gasteiger partial charge is 0.493 e. The Labute approximate surface area is 312 Å². The molecular weight excluding hydrogens is 611 g/mol. The molecule has 0 N–H and O–H groups in total. The fraction of sp³-hybridized carbons (Fsp3) is 0.787.